The number of rotatable bonds is 7. The second kappa shape index (κ2) is 9.17. The Morgan fingerprint density at radius 3 is 2.62 bits per heavy atom. The zero-order valence-corrected chi connectivity index (χ0v) is 15.5. The third-order valence-corrected chi connectivity index (χ3v) is 4.05. The fraction of sp³-hybridized carbons (Fsp3) is 0.450. The van der Waals surface area contributed by atoms with Crippen LogP contribution < -0.4 is 5.32 Å². The molecule has 1 fully saturated rings. The predicted molar refractivity (Wildman–Crippen MR) is 100 cm³/mol. The highest BCUT2D eigenvalue weighted by Crippen LogP contribution is 2.21. The number of nitrogens with zero attached hydrogens (tertiary/aromatic N) is 1. The quantitative estimate of drug-likeness (QED) is 0.601. The molecule has 1 aromatic carbocycles. The van der Waals surface area contributed by atoms with E-state index in [-0.39, 0.29) is 30.1 Å². The van der Waals surface area contributed by atoms with E-state index in [0.29, 0.717) is 31.3 Å². The van der Waals surface area contributed by atoms with E-state index in [9.17, 15) is 14.4 Å². The van der Waals surface area contributed by atoms with Crippen LogP contribution >= 0.6 is 0 Å². The fourth-order valence-corrected chi connectivity index (χ4v) is 2.84. The van der Waals surface area contributed by atoms with Crippen LogP contribution in [0.1, 0.15) is 32.8 Å². The second-order valence-electron chi connectivity index (χ2n) is 6.79. The molecule has 26 heavy (non-hydrogen) atoms. The maximum Gasteiger partial charge on any atom is 0.330 e. The molecular weight excluding hydrogens is 332 g/mol. The number of nitrogens with one attached hydrogen (secondary N) is 1. The molecule has 1 N–H and O–H groups in total. The molecule has 6 heteroatoms. The summed E-state index contributed by atoms with van der Waals surface area (Å²) in [5.74, 6) is -0.417. The summed E-state index contributed by atoms with van der Waals surface area (Å²) in [4.78, 5) is 37.5. The largest absolute Gasteiger partial charge is 0.463 e. The monoisotopic (exact) mass is 358 g/mol. The van der Waals surface area contributed by atoms with Crippen molar-refractivity contribution in [1.29, 1.82) is 0 Å². The summed E-state index contributed by atoms with van der Waals surface area (Å²) in [7, 11) is 0. The molecule has 0 aliphatic carbocycles. The van der Waals surface area contributed by atoms with Crippen molar-refractivity contribution in [1.82, 2.24) is 4.90 Å². The Morgan fingerprint density at radius 2 is 2.00 bits per heavy atom. The lowest BCUT2D eigenvalue weighted by atomic mass is 10.1. The van der Waals surface area contributed by atoms with Gasteiger partial charge in [0.15, 0.2) is 0 Å². The van der Waals surface area contributed by atoms with Gasteiger partial charge in [0.1, 0.15) is 0 Å². The van der Waals surface area contributed by atoms with Crippen molar-refractivity contribution in [2.24, 2.45) is 11.8 Å². The zero-order chi connectivity index (χ0) is 19.1. The van der Waals surface area contributed by atoms with E-state index in [1.807, 2.05) is 0 Å². The van der Waals surface area contributed by atoms with Gasteiger partial charge in [0.05, 0.1) is 12.5 Å². The van der Waals surface area contributed by atoms with Crippen molar-refractivity contribution in [3.63, 3.8) is 0 Å². The molecule has 1 aromatic rings. The minimum atomic E-state index is -0.387. The molecule has 0 aromatic heterocycles. The number of amides is 2. The van der Waals surface area contributed by atoms with Crippen molar-refractivity contribution in [3.05, 3.63) is 35.9 Å². The van der Waals surface area contributed by atoms with Crippen LogP contribution in [0.15, 0.2) is 30.3 Å². The lowest BCUT2D eigenvalue weighted by molar-refractivity contribution is -0.137. The zero-order valence-electron chi connectivity index (χ0n) is 15.5. The number of carbonyl (C=O) groups excluding carboxylic acids is 3. The Hall–Kier alpha value is -2.63. The minimum absolute atomic E-state index is 0.0401. The molecule has 1 aliphatic rings. The van der Waals surface area contributed by atoms with Crippen LogP contribution in [0.25, 0.3) is 6.08 Å². The lowest BCUT2D eigenvalue weighted by Gasteiger charge is -2.18. The Morgan fingerprint density at radius 1 is 1.31 bits per heavy atom. The van der Waals surface area contributed by atoms with Crippen LogP contribution in [0.3, 0.4) is 0 Å². The van der Waals surface area contributed by atoms with Gasteiger partial charge in [0.25, 0.3) is 0 Å². The molecule has 6 nitrogen and oxygen atoms in total. The molecule has 0 radical (unpaired) electrons. The number of ether oxygens (including phenoxy) is 1. The fourth-order valence-electron chi connectivity index (χ4n) is 2.84. The molecule has 0 spiro atoms. The van der Waals surface area contributed by atoms with E-state index in [4.69, 9.17) is 4.74 Å². The molecule has 140 valence electrons. The van der Waals surface area contributed by atoms with Gasteiger partial charge in [0, 0.05) is 31.3 Å². The SMILES string of the molecule is CCOC(=O)/C=C/c1ccc(NC(=O)C2CC(=O)N(CC(C)C)C2)cc1. The average Bonchev–Trinajstić information content (AvgIpc) is 2.95. The van der Waals surface area contributed by atoms with E-state index in [1.54, 1.807) is 42.2 Å². The van der Waals surface area contributed by atoms with Crippen LogP contribution in [0, 0.1) is 11.8 Å². The molecule has 1 aliphatic heterocycles. The number of esters is 1. The molecule has 1 atom stereocenters. The molecule has 1 heterocycles. The predicted octanol–water partition coefficient (Wildman–Crippen LogP) is 2.71. The van der Waals surface area contributed by atoms with Crippen molar-refractivity contribution in [2.45, 2.75) is 27.2 Å². The molecule has 0 bridgehead atoms. The molecule has 2 amide bonds. The van der Waals surface area contributed by atoms with Crippen molar-refractivity contribution in [3.8, 4) is 0 Å². The number of hydrogen-bond donors (Lipinski definition) is 1. The number of likely N-dealkylation sites (tertiary alicyclic amines) is 1. The maximum atomic E-state index is 12.4. The molecule has 1 unspecified atom stereocenters. The summed E-state index contributed by atoms with van der Waals surface area (Å²) in [6.45, 7) is 7.36. The van der Waals surface area contributed by atoms with Gasteiger partial charge in [-0.1, -0.05) is 26.0 Å². The topological polar surface area (TPSA) is 75.7 Å². The maximum absolute atomic E-state index is 12.4. The highest BCUT2D eigenvalue weighted by molar-refractivity contribution is 5.97. The standard InChI is InChI=1S/C20H26N2O4/c1-4-26-19(24)10-7-15-5-8-17(9-6-15)21-20(25)16-11-18(23)22(13-16)12-14(2)3/h5-10,14,16H,4,11-13H2,1-3H3,(H,21,25)/b10-7+. The lowest BCUT2D eigenvalue weighted by Crippen LogP contribution is -2.31. The van der Waals surface area contributed by atoms with Crippen molar-refractivity contribution >= 4 is 29.5 Å². The molecule has 2 rings (SSSR count). The highest BCUT2D eigenvalue weighted by atomic mass is 16.5. The van der Waals surface area contributed by atoms with Crippen molar-refractivity contribution in [2.75, 3.05) is 25.0 Å². The Bertz CT molecular complexity index is 680. The summed E-state index contributed by atoms with van der Waals surface area (Å²) in [5.41, 5.74) is 1.49. The molecule has 1 saturated heterocycles. The summed E-state index contributed by atoms with van der Waals surface area (Å²) >= 11 is 0. The van der Waals surface area contributed by atoms with Gasteiger partial charge in [-0.3, -0.25) is 9.59 Å². The van der Waals surface area contributed by atoms with Crippen LogP contribution in [0.2, 0.25) is 0 Å². The van der Waals surface area contributed by atoms with Gasteiger partial charge < -0.3 is 15.0 Å². The van der Waals surface area contributed by atoms with Crippen LogP contribution in [0.5, 0.6) is 0 Å². The number of anilines is 1. The van der Waals surface area contributed by atoms with Gasteiger partial charge in [0.2, 0.25) is 11.8 Å². The summed E-state index contributed by atoms with van der Waals surface area (Å²) < 4.78 is 4.82. The first-order valence-corrected chi connectivity index (χ1v) is 8.92. The van der Waals surface area contributed by atoms with Crippen LogP contribution in [-0.4, -0.2) is 42.4 Å². The van der Waals surface area contributed by atoms with E-state index < -0.39 is 0 Å². The minimum Gasteiger partial charge on any atom is -0.463 e. The molecular formula is C20H26N2O4. The first kappa shape index (κ1) is 19.7. The highest BCUT2D eigenvalue weighted by Gasteiger charge is 2.34. The summed E-state index contributed by atoms with van der Waals surface area (Å²) in [5, 5.41) is 2.86. The van der Waals surface area contributed by atoms with E-state index in [1.165, 1.54) is 6.08 Å². The van der Waals surface area contributed by atoms with Gasteiger partial charge in [-0.05, 0) is 36.6 Å². The van der Waals surface area contributed by atoms with E-state index in [2.05, 4.69) is 19.2 Å². The normalized spacial score (nSPS) is 17.2. The van der Waals surface area contributed by atoms with Gasteiger partial charge >= 0.3 is 5.97 Å². The number of hydrogen-bond acceptors (Lipinski definition) is 4. The van der Waals surface area contributed by atoms with Gasteiger partial charge in [-0.2, -0.15) is 0 Å². The van der Waals surface area contributed by atoms with Gasteiger partial charge in [-0.15, -0.1) is 0 Å². The van der Waals surface area contributed by atoms with Crippen LogP contribution in [-0.2, 0) is 19.1 Å². The molecule has 0 saturated carbocycles. The Labute approximate surface area is 154 Å². The first-order valence-electron chi connectivity index (χ1n) is 8.92. The van der Waals surface area contributed by atoms with Crippen LogP contribution in [0.4, 0.5) is 5.69 Å². The third-order valence-electron chi connectivity index (χ3n) is 4.05. The smallest absolute Gasteiger partial charge is 0.330 e. The van der Waals surface area contributed by atoms with Gasteiger partial charge in [-0.25, -0.2) is 4.79 Å². The second-order valence-corrected chi connectivity index (χ2v) is 6.79. The summed E-state index contributed by atoms with van der Waals surface area (Å²) in [6, 6.07) is 7.14. The van der Waals surface area contributed by atoms with Crippen molar-refractivity contribution < 1.29 is 19.1 Å². The Balaban J connectivity index is 1.90. The third kappa shape index (κ3) is 5.72. The van der Waals surface area contributed by atoms with E-state index in [0.717, 1.165) is 5.56 Å². The average molecular weight is 358 g/mol. The summed E-state index contributed by atoms with van der Waals surface area (Å²) in [6.07, 6.45) is 3.28. The number of benzene rings is 1. The first-order chi connectivity index (χ1) is 12.4. The number of carbonyl (C=O) groups is 3. The van der Waals surface area contributed by atoms with E-state index >= 15 is 0 Å². The Kier molecular flexibility index (Phi) is 6.95.